The normalized spacial score (nSPS) is 13.9. The van der Waals surface area contributed by atoms with E-state index in [0.29, 0.717) is 5.75 Å². The summed E-state index contributed by atoms with van der Waals surface area (Å²) in [6.45, 7) is 1.94. The topological polar surface area (TPSA) is 63.2 Å². The van der Waals surface area contributed by atoms with Crippen LogP contribution in [0.25, 0.3) is 0 Å². The Morgan fingerprint density at radius 2 is 2.19 bits per heavy atom. The summed E-state index contributed by atoms with van der Waals surface area (Å²) in [6, 6.07) is 1.57. The van der Waals surface area contributed by atoms with Crippen LogP contribution < -0.4 is 4.72 Å². The first kappa shape index (κ1) is 14.3. The molecule has 0 spiro atoms. The van der Waals surface area contributed by atoms with Gasteiger partial charge in [-0.15, -0.1) is 11.3 Å². The van der Waals surface area contributed by atoms with Gasteiger partial charge in [-0.25, -0.2) is 13.1 Å². The number of sulfonamides is 1. The van der Waals surface area contributed by atoms with Crippen molar-refractivity contribution < 1.29 is 12.6 Å². The van der Waals surface area contributed by atoms with E-state index in [-0.39, 0.29) is 11.4 Å². The first-order valence-corrected chi connectivity index (χ1v) is 9.20. The zero-order valence-electron chi connectivity index (χ0n) is 8.82. The molecule has 92 valence electrons. The quantitative estimate of drug-likeness (QED) is 0.878. The van der Waals surface area contributed by atoms with E-state index in [1.54, 1.807) is 19.2 Å². The minimum atomic E-state index is -3.47. The van der Waals surface area contributed by atoms with Crippen molar-refractivity contribution in [2.24, 2.45) is 0 Å². The Labute approximate surface area is 110 Å². The molecule has 0 saturated carbocycles. The van der Waals surface area contributed by atoms with E-state index >= 15 is 0 Å². The van der Waals surface area contributed by atoms with Crippen LogP contribution in [-0.2, 0) is 20.8 Å². The van der Waals surface area contributed by atoms with Gasteiger partial charge in [0.2, 0.25) is 10.0 Å². The molecule has 0 aliphatic rings. The molecule has 0 bridgehead atoms. The zero-order chi connectivity index (χ0) is 12.3. The lowest BCUT2D eigenvalue weighted by molar-refractivity contribution is 0.584. The van der Waals surface area contributed by atoms with E-state index in [2.05, 4.69) is 20.7 Å². The number of nitrogens with one attached hydrogen (secondary N) is 1. The molecule has 1 aromatic heterocycles. The Bertz CT molecular complexity index is 495. The third-order valence-corrected chi connectivity index (χ3v) is 5.86. The highest BCUT2D eigenvalue weighted by atomic mass is 79.9. The van der Waals surface area contributed by atoms with Crippen molar-refractivity contribution in [3.05, 3.63) is 14.7 Å². The number of rotatable bonds is 5. The maximum absolute atomic E-state index is 11.8. The van der Waals surface area contributed by atoms with Gasteiger partial charge in [0, 0.05) is 34.2 Å². The van der Waals surface area contributed by atoms with Crippen molar-refractivity contribution in [1.29, 1.82) is 0 Å². The second-order valence-corrected chi connectivity index (χ2v) is 9.07. The third kappa shape index (κ3) is 3.92. The average molecular weight is 346 g/mol. The number of halogens is 1. The molecule has 1 rings (SSSR count). The van der Waals surface area contributed by atoms with E-state index in [0.717, 1.165) is 8.66 Å². The van der Waals surface area contributed by atoms with E-state index in [9.17, 15) is 12.6 Å². The highest BCUT2D eigenvalue weighted by molar-refractivity contribution is 9.11. The molecule has 1 unspecified atom stereocenters. The molecule has 8 heteroatoms. The van der Waals surface area contributed by atoms with E-state index in [1.165, 1.54) is 11.3 Å². The second kappa shape index (κ2) is 5.72. The fourth-order valence-electron chi connectivity index (χ4n) is 1.10. The summed E-state index contributed by atoms with van der Waals surface area (Å²) in [6.07, 6.45) is 1.54. The van der Waals surface area contributed by atoms with Gasteiger partial charge in [0.05, 0.1) is 8.68 Å². The molecule has 1 aromatic rings. The van der Waals surface area contributed by atoms with Crippen LogP contribution in [0.2, 0.25) is 0 Å². The smallest absolute Gasteiger partial charge is 0.241 e. The van der Waals surface area contributed by atoms with Crippen LogP contribution >= 0.6 is 27.3 Å². The van der Waals surface area contributed by atoms with Gasteiger partial charge in [-0.05, 0) is 28.9 Å². The summed E-state index contributed by atoms with van der Waals surface area (Å²) >= 11 is 4.62. The molecule has 0 aromatic carbocycles. The molecule has 4 nitrogen and oxygen atoms in total. The van der Waals surface area contributed by atoms with Crippen LogP contribution in [0.15, 0.2) is 14.7 Å². The first-order chi connectivity index (χ1) is 7.33. The maximum Gasteiger partial charge on any atom is 0.241 e. The van der Waals surface area contributed by atoms with Crippen LogP contribution in [0.3, 0.4) is 0 Å². The number of hydrogen-bond acceptors (Lipinski definition) is 4. The molecule has 1 N–H and O–H groups in total. The number of aryl methyl sites for hydroxylation is 1. The van der Waals surface area contributed by atoms with Crippen molar-refractivity contribution in [3.8, 4) is 0 Å². The van der Waals surface area contributed by atoms with E-state index < -0.39 is 20.8 Å². The predicted molar refractivity (Wildman–Crippen MR) is 70.9 cm³/mol. The molecule has 0 radical (unpaired) electrons. The van der Waals surface area contributed by atoms with Crippen molar-refractivity contribution in [2.45, 2.75) is 11.8 Å². The van der Waals surface area contributed by atoms with Crippen LogP contribution in [-0.4, -0.2) is 31.2 Å². The van der Waals surface area contributed by atoms with Crippen LogP contribution in [0.5, 0.6) is 0 Å². The van der Waals surface area contributed by atoms with Gasteiger partial charge in [0.1, 0.15) is 0 Å². The average Bonchev–Trinajstić information content (AvgIpc) is 2.44. The van der Waals surface area contributed by atoms with Gasteiger partial charge in [-0.3, -0.25) is 4.21 Å². The van der Waals surface area contributed by atoms with Crippen molar-refractivity contribution in [3.63, 3.8) is 0 Å². The SMILES string of the molecule is Cc1sc(Br)cc1S(=O)(=O)NCCS(C)=O. The molecule has 16 heavy (non-hydrogen) atoms. The molecule has 0 saturated heterocycles. The van der Waals surface area contributed by atoms with Gasteiger partial charge in [-0.1, -0.05) is 0 Å². The van der Waals surface area contributed by atoms with Crippen LogP contribution in [0, 0.1) is 6.92 Å². The minimum Gasteiger partial charge on any atom is -0.260 e. The monoisotopic (exact) mass is 345 g/mol. The lowest BCUT2D eigenvalue weighted by atomic mass is 10.5. The molecule has 1 atom stereocenters. The van der Waals surface area contributed by atoms with E-state index in [1.807, 2.05) is 0 Å². The summed E-state index contributed by atoms with van der Waals surface area (Å²) < 4.78 is 37.7. The van der Waals surface area contributed by atoms with Gasteiger partial charge in [0.25, 0.3) is 0 Å². The molecule has 0 amide bonds. The number of hydrogen-bond donors (Lipinski definition) is 1. The van der Waals surface area contributed by atoms with Gasteiger partial charge < -0.3 is 0 Å². The molecule has 0 aliphatic carbocycles. The van der Waals surface area contributed by atoms with Crippen molar-refractivity contribution in [2.75, 3.05) is 18.6 Å². The Morgan fingerprint density at radius 1 is 1.56 bits per heavy atom. The van der Waals surface area contributed by atoms with Gasteiger partial charge >= 0.3 is 0 Å². The highest BCUT2D eigenvalue weighted by Gasteiger charge is 2.18. The summed E-state index contributed by atoms with van der Waals surface area (Å²) in [5.74, 6) is 0.323. The summed E-state index contributed by atoms with van der Waals surface area (Å²) in [7, 11) is -4.46. The Morgan fingerprint density at radius 3 is 2.62 bits per heavy atom. The zero-order valence-corrected chi connectivity index (χ0v) is 12.9. The highest BCUT2D eigenvalue weighted by Crippen LogP contribution is 2.29. The van der Waals surface area contributed by atoms with Crippen LogP contribution in [0.4, 0.5) is 0 Å². The minimum absolute atomic E-state index is 0.193. The van der Waals surface area contributed by atoms with Gasteiger partial charge in [0.15, 0.2) is 0 Å². The molecular formula is C8H12BrNO3S3. The van der Waals surface area contributed by atoms with Crippen molar-refractivity contribution >= 4 is 48.1 Å². The fourth-order valence-corrected chi connectivity index (χ4v) is 5.06. The lowest BCUT2D eigenvalue weighted by Gasteiger charge is -2.04. The summed E-state index contributed by atoms with van der Waals surface area (Å²) in [4.78, 5) is 1.02. The second-order valence-electron chi connectivity index (χ2n) is 3.15. The Kier molecular flexibility index (Phi) is 5.11. The van der Waals surface area contributed by atoms with Crippen LogP contribution in [0.1, 0.15) is 4.88 Å². The molecule has 0 fully saturated rings. The standard InChI is InChI=1S/C8H12BrNO3S3/c1-6-7(5-8(9)14-6)16(12,13)10-3-4-15(2)11/h5,10H,3-4H2,1-2H3. The lowest BCUT2D eigenvalue weighted by Crippen LogP contribution is -2.27. The summed E-state index contributed by atoms with van der Waals surface area (Å²) in [5.41, 5.74) is 0. The van der Waals surface area contributed by atoms with Gasteiger partial charge in [-0.2, -0.15) is 0 Å². The maximum atomic E-state index is 11.8. The first-order valence-electron chi connectivity index (χ1n) is 4.38. The van der Waals surface area contributed by atoms with E-state index in [4.69, 9.17) is 0 Å². The largest absolute Gasteiger partial charge is 0.260 e. The summed E-state index contributed by atoms with van der Waals surface area (Å²) in [5, 5.41) is 0. The Hall–Kier alpha value is 0.240. The Balaban J connectivity index is 2.78. The fraction of sp³-hybridized carbons (Fsp3) is 0.500. The molecular weight excluding hydrogens is 334 g/mol. The van der Waals surface area contributed by atoms with Crippen molar-refractivity contribution in [1.82, 2.24) is 4.72 Å². The molecule has 1 heterocycles. The predicted octanol–water partition coefficient (Wildman–Crippen LogP) is 1.48. The third-order valence-electron chi connectivity index (χ3n) is 1.81. The number of thiophene rings is 1. The molecule has 0 aliphatic heterocycles.